The number of benzene rings is 4. The molecule has 0 amide bonds. The maximum Gasteiger partial charge on any atom is 1.00 e. The molecule has 548 valence electrons. The summed E-state index contributed by atoms with van der Waals surface area (Å²) >= 11 is 7.12. The van der Waals surface area contributed by atoms with E-state index in [1.54, 1.807) is 40.6 Å². The summed E-state index contributed by atoms with van der Waals surface area (Å²) in [4.78, 5) is 6.47. The Balaban J connectivity index is 0.000000299. The smallest absolute Gasteiger partial charge is 0.744 e. The first-order chi connectivity index (χ1) is 47.8. The van der Waals surface area contributed by atoms with Crippen LogP contribution in [0.2, 0.25) is 0 Å². The van der Waals surface area contributed by atoms with Crippen molar-refractivity contribution < 1.29 is 123 Å². The number of hydrogen-bond donors (Lipinski definition) is 2. The standard InChI is InChI=1S/C40H53N3O6S.C37H45ClN2O5S.C4H10O.2Na/c1-28-12-16-34-32(26-28)39(2,3)36(42(34)21-24-48-7)18-13-29-10-9-11-30(38(29)41(6)20-23-44)14-19-37-40(4,5)33-27-31(50(45,46)47)15-17-35(33)43(37)22-25-49-8;1-25-11-15-31-29(23-25)36(2,3)33(39(31)19-21-44-6)17-12-26-9-8-10-27(35(26)38)13-18-34-37(4,5)30-24-28(46(41,42)43)14-16-32(30)40(34)20-22-45-7;1-2-3-4-5;;/h12-19,26-27,44H,9-11,20-25H2,1-8H3;11-18,23-24H,8-10,19-22H2,1-7H3;5H,2-4H2,1H3;;/q;;;2*+1. The Morgan fingerprint density at radius 1 is 0.544 bits per heavy atom. The van der Waals surface area contributed by atoms with E-state index in [0.29, 0.717) is 52.7 Å². The zero-order valence-corrected chi connectivity index (χ0v) is 70.8. The number of fused-ring (bicyclic) bond motifs is 4. The largest absolute Gasteiger partial charge is 1.00 e. The van der Waals surface area contributed by atoms with Gasteiger partial charge in [-0.2, -0.15) is 4.58 Å². The quantitative estimate of drug-likeness (QED) is 0.0408. The molecule has 2 aliphatic carbocycles. The Kier molecular flexibility index (Phi) is 31.8. The van der Waals surface area contributed by atoms with Gasteiger partial charge in [0.05, 0.1) is 35.0 Å². The van der Waals surface area contributed by atoms with Crippen LogP contribution in [-0.2, 0) is 60.8 Å². The summed E-state index contributed by atoms with van der Waals surface area (Å²) in [6, 6.07) is 22.6. The van der Waals surface area contributed by atoms with E-state index in [4.69, 9.17) is 35.7 Å². The van der Waals surface area contributed by atoms with Crippen LogP contribution in [0.5, 0.6) is 0 Å². The molecule has 0 aromatic heterocycles. The van der Waals surface area contributed by atoms with Gasteiger partial charge in [0, 0.05) is 139 Å². The zero-order valence-electron chi connectivity index (χ0n) is 64.4. The average Bonchev–Trinajstić information content (AvgIpc) is 1.61. The van der Waals surface area contributed by atoms with E-state index in [-0.39, 0.29) is 86.3 Å². The predicted octanol–water partition coefficient (Wildman–Crippen LogP) is 8.16. The van der Waals surface area contributed by atoms with Crippen molar-refractivity contribution in [2.24, 2.45) is 0 Å². The number of allylic oxidation sites excluding steroid dienone is 16. The van der Waals surface area contributed by atoms with Gasteiger partial charge in [-0.1, -0.05) is 126 Å². The van der Waals surface area contributed by atoms with Gasteiger partial charge in [-0.15, -0.1) is 0 Å². The van der Waals surface area contributed by atoms with Crippen LogP contribution in [-0.4, -0.2) is 165 Å². The van der Waals surface area contributed by atoms with Gasteiger partial charge < -0.3 is 53.0 Å². The molecular weight excluding hydrogens is 1380 g/mol. The van der Waals surface area contributed by atoms with Crippen LogP contribution in [0.1, 0.15) is 147 Å². The van der Waals surface area contributed by atoms with Crippen molar-refractivity contribution in [2.75, 3.05) is 123 Å². The number of nitrogens with zero attached hydrogens (tertiary/aromatic N) is 5. The minimum atomic E-state index is -4.60. The van der Waals surface area contributed by atoms with Gasteiger partial charge in [0.25, 0.3) is 0 Å². The van der Waals surface area contributed by atoms with Crippen LogP contribution < -0.4 is 73.8 Å². The number of aliphatic hydroxyl groups excluding tert-OH is 2. The van der Waals surface area contributed by atoms with Crippen molar-refractivity contribution >= 4 is 66.0 Å². The second kappa shape index (κ2) is 37.5. The third-order valence-electron chi connectivity index (χ3n) is 20.5. The number of likely N-dealkylation sites (N-methyl/N-ethyl adjacent to an activating group) is 1. The van der Waals surface area contributed by atoms with Gasteiger partial charge >= 0.3 is 59.1 Å². The Bertz CT molecular complexity index is 4290. The molecule has 0 unspecified atom stereocenters. The molecule has 1 fully saturated rings. The summed E-state index contributed by atoms with van der Waals surface area (Å²) in [6.45, 7) is 29.4. The fourth-order valence-electron chi connectivity index (χ4n) is 15.0. The van der Waals surface area contributed by atoms with Crippen LogP contribution in [0.4, 0.5) is 22.7 Å². The molecule has 103 heavy (non-hydrogen) atoms. The maximum atomic E-state index is 11.9. The van der Waals surface area contributed by atoms with Crippen molar-refractivity contribution in [3.63, 3.8) is 0 Å². The molecule has 0 atom stereocenters. The summed E-state index contributed by atoms with van der Waals surface area (Å²) < 4.78 is 97.5. The van der Waals surface area contributed by atoms with E-state index in [1.807, 2.05) is 20.9 Å². The van der Waals surface area contributed by atoms with Crippen LogP contribution in [0.15, 0.2) is 176 Å². The summed E-state index contributed by atoms with van der Waals surface area (Å²) in [7, 11) is -0.358. The molecule has 0 bridgehead atoms. The van der Waals surface area contributed by atoms with Gasteiger partial charge in [-0.25, -0.2) is 21.4 Å². The number of halogens is 1. The number of aliphatic hydroxyl groups is 2. The van der Waals surface area contributed by atoms with Crippen LogP contribution in [0.25, 0.3) is 0 Å². The predicted molar refractivity (Wildman–Crippen MR) is 406 cm³/mol. The van der Waals surface area contributed by atoms with Crippen molar-refractivity contribution in [1.29, 1.82) is 0 Å². The molecule has 6 aliphatic rings. The molecule has 0 radical (unpaired) electrons. The van der Waals surface area contributed by atoms with Gasteiger partial charge in [-0.05, 0) is 161 Å². The number of methoxy groups -OCH3 is 4. The molecular formula is C81H108ClN5Na2O12S2+2. The molecule has 2 N–H and O–H groups in total. The van der Waals surface area contributed by atoms with E-state index in [1.165, 1.54) is 80.4 Å². The Morgan fingerprint density at radius 2 is 0.951 bits per heavy atom. The van der Waals surface area contributed by atoms with Crippen molar-refractivity contribution in [3.8, 4) is 0 Å². The van der Waals surface area contributed by atoms with Gasteiger partial charge in [-0.3, -0.25) is 0 Å². The first-order valence-electron chi connectivity index (χ1n) is 35.3. The van der Waals surface area contributed by atoms with E-state index >= 15 is 0 Å². The SMILES string of the molecule is CCCCO.COCCN1C(=CC=C2CCC/C(=C\C=C3\N(CCOC)c4ccc(S(=O)(=O)[O-])cc4C3(C)C)C2=[N+](C)CCO)C(C)(C)c2cc(C)ccc21.COCCN1C(=CC=C2CCCC(C=CC3=[N+](CCOC)c4ccc(S(=O)(=O)[O-])cc4C3(C)C)=C2Cl)C(C)(C)c2cc(C)ccc21.[Na+].[Na+]. The van der Waals surface area contributed by atoms with Crippen LogP contribution in [0.3, 0.4) is 0 Å². The topological polar surface area (TPSA) is 208 Å². The van der Waals surface area contributed by atoms with Gasteiger partial charge in [0.2, 0.25) is 11.4 Å². The first kappa shape index (κ1) is 87.3. The first-order valence-corrected chi connectivity index (χ1v) is 38.5. The van der Waals surface area contributed by atoms with E-state index < -0.39 is 31.1 Å². The number of ether oxygens (including phenoxy) is 4. The fraction of sp³-hybridized carbons (Fsp3) is 0.481. The third kappa shape index (κ3) is 19.7. The molecule has 4 aromatic rings. The summed E-state index contributed by atoms with van der Waals surface area (Å²) in [5, 5.41) is 18.8. The second-order valence-corrected chi connectivity index (χ2v) is 32.1. The molecule has 0 saturated heterocycles. The van der Waals surface area contributed by atoms with E-state index in [0.717, 1.165) is 120 Å². The Hall–Kier alpha value is -4.59. The minimum absolute atomic E-state index is 0. The maximum absolute atomic E-state index is 11.9. The van der Waals surface area contributed by atoms with E-state index in [2.05, 4.69) is 171 Å². The monoisotopic (exact) mass is 1490 g/mol. The molecule has 17 nitrogen and oxygen atoms in total. The zero-order chi connectivity index (χ0) is 74.0. The van der Waals surface area contributed by atoms with Gasteiger partial charge in [0.1, 0.15) is 40.5 Å². The summed E-state index contributed by atoms with van der Waals surface area (Å²) in [6.07, 6.45) is 25.0. The average molecular weight is 1490 g/mol. The summed E-state index contributed by atoms with van der Waals surface area (Å²) in [5.41, 5.74) is 19.5. The van der Waals surface area contributed by atoms with Crippen molar-refractivity contribution in [3.05, 3.63) is 199 Å². The molecule has 0 spiro atoms. The van der Waals surface area contributed by atoms with E-state index in [9.17, 15) is 31.0 Å². The second-order valence-electron chi connectivity index (χ2n) is 29.0. The normalized spacial score (nSPS) is 20.7. The minimum Gasteiger partial charge on any atom is -0.744 e. The van der Waals surface area contributed by atoms with Crippen LogP contribution in [0, 0.1) is 13.8 Å². The number of anilines is 3. The van der Waals surface area contributed by atoms with Crippen molar-refractivity contribution in [1.82, 2.24) is 0 Å². The molecule has 4 aromatic carbocycles. The Morgan fingerprint density at radius 3 is 1.37 bits per heavy atom. The Labute approximate surface area is 664 Å². The molecule has 1 saturated carbocycles. The molecule has 4 aliphatic heterocycles. The molecule has 4 heterocycles. The molecule has 10 rings (SSSR count). The fourth-order valence-corrected chi connectivity index (χ4v) is 16.3. The van der Waals surface area contributed by atoms with Gasteiger partial charge in [0.15, 0.2) is 18.8 Å². The van der Waals surface area contributed by atoms with Crippen LogP contribution >= 0.6 is 11.6 Å². The number of hydrogen-bond acceptors (Lipinski definition) is 15. The summed E-state index contributed by atoms with van der Waals surface area (Å²) in [5.74, 6) is 0. The third-order valence-corrected chi connectivity index (χ3v) is 22.7. The number of rotatable bonds is 23. The van der Waals surface area contributed by atoms with Crippen molar-refractivity contribution in [2.45, 2.75) is 159 Å². The molecule has 22 heteroatoms. The number of aryl methyl sites for hydroxylation is 2. The number of unbranched alkanes of at least 4 members (excludes halogenated alkanes) is 1.